The van der Waals surface area contributed by atoms with Crippen molar-refractivity contribution >= 4 is 40.7 Å². The number of halogens is 1. The Morgan fingerprint density at radius 1 is 1.41 bits per heavy atom. The summed E-state index contributed by atoms with van der Waals surface area (Å²) >= 11 is 1.35. The van der Waals surface area contributed by atoms with Crippen molar-refractivity contribution < 1.29 is 14.0 Å². The number of furan rings is 1. The Balaban J connectivity index is 0.00000261. The lowest BCUT2D eigenvalue weighted by Crippen LogP contribution is -2.51. The lowest BCUT2D eigenvalue weighted by atomic mass is 9.74. The van der Waals surface area contributed by atoms with E-state index >= 15 is 0 Å². The molecule has 0 bridgehead atoms. The van der Waals surface area contributed by atoms with Crippen LogP contribution in [0.2, 0.25) is 0 Å². The number of hydrogen-bond acceptors (Lipinski definition) is 6. The number of carbonyl (C=O) groups excluding carboxylic acids is 2. The van der Waals surface area contributed by atoms with E-state index in [1.807, 2.05) is 12.3 Å². The van der Waals surface area contributed by atoms with Gasteiger partial charge in [0.15, 0.2) is 10.9 Å². The number of rotatable bonds is 5. The molecular weight excluding hydrogens is 388 g/mol. The Bertz CT molecular complexity index is 802. The van der Waals surface area contributed by atoms with Gasteiger partial charge < -0.3 is 20.8 Å². The first-order chi connectivity index (χ1) is 12.3. The third kappa shape index (κ3) is 5.31. The van der Waals surface area contributed by atoms with E-state index in [0.717, 1.165) is 25.7 Å². The predicted octanol–water partition coefficient (Wildman–Crippen LogP) is 3.31. The summed E-state index contributed by atoms with van der Waals surface area (Å²) in [5.74, 6) is 0.868. The zero-order valence-corrected chi connectivity index (χ0v) is 17.0. The molecule has 148 valence electrons. The van der Waals surface area contributed by atoms with Crippen molar-refractivity contribution in [1.82, 2.24) is 10.3 Å². The average molecular weight is 413 g/mol. The van der Waals surface area contributed by atoms with E-state index in [1.54, 1.807) is 12.1 Å². The molecule has 2 aromatic rings. The molecule has 0 aliphatic heterocycles. The molecule has 1 fully saturated rings. The summed E-state index contributed by atoms with van der Waals surface area (Å²) < 4.78 is 5.68. The Labute approximate surface area is 168 Å². The van der Waals surface area contributed by atoms with Crippen molar-refractivity contribution in [1.29, 1.82) is 0 Å². The van der Waals surface area contributed by atoms with Crippen LogP contribution in [0.3, 0.4) is 0 Å². The van der Waals surface area contributed by atoms with Crippen molar-refractivity contribution in [2.24, 2.45) is 11.7 Å². The second-order valence-electron chi connectivity index (χ2n) is 7.01. The summed E-state index contributed by atoms with van der Waals surface area (Å²) in [6.45, 7) is 3.74. The zero-order chi connectivity index (χ0) is 18.7. The van der Waals surface area contributed by atoms with Crippen LogP contribution in [0.25, 0.3) is 11.5 Å². The SMILES string of the molecule is CC(=O)NCc1ccc(-c2csc(NC(=O)C3CCCCC3(C)N)n2)o1.Cl. The van der Waals surface area contributed by atoms with E-state index in [1.165, 1.54) is 18.3 Å². The molecule has 1 aliphatic carbocycles. The first-order valence-corrected chi connectivity index (χ1v) is 9.62. The van der Waals surface area contributed by atoms with Crippen molar-refractivity contribution in [2.45, 2.75) is 51.6 Å². The molecule has 2 atom stereocenters. The second-order valence-corrected chi connectivity index (χ2v) is 7.87. The van der Waals surface area contributed by atoms with Gasteiger partial charge in [-0.2, -0.15) is 0 Å². The largest absolute Gasteiger partial charge is 0.458 e. The molecule has 0 aromatic carbocycles. The van der Waals surface area contributed by atoms with Crippen LogP contribution in [0.15, 0.2) is 21.9 Å². The lowest BCUT2D eigenvalue weighted by Gasteiger charge is -2.36. The predicted molar refractivity (Wildman–Crippen MR) is 108 cm³/mol. The molecule has 2 aromatic heterocycles. The molecule has 2 heterocycles. The maximum absolute atomic E-state index is 12.6. The van der Waals surface area contributed by atoms with Gasteiger partial charge in [0.05, 0.1) is 12.5 Å². The van der Waals surface area contributed by atoms with E-state index in [9.17, 15) is 9.59 Å². The van der Waals surface area contributed by atoms with Crippen LogP contribution in [-0.2, 0) is 16.1 Å². The molecule has 1 aliphatic rings. The highest BCUT2D eigenvalue weighted by Gasteiger charge is 2.38. The third-order valence-corrected chi connectivity index (χ3v) is 5.49. The van der Waals surface area contributed by atoms with Gasteiger partial charge in [0, 0.05) is 17.8 Å². The summed E-state index contributed by atoms with van der Waals surface area (Å²) in [5.41, 5.74) is 6.48. The number of nitrogens with two attached hydrogens (primary N) is 1. The standard InChI is InChI=1S/C18H24N4O3S.ClH/c1-11(23)20-9-12-6-7-15(25-12)14-10-26-17(21-14)22-16(24)13-5-3-4-8-18(13,2)19;/h6-7,10,13H,3-5,8-9,19H2,1-2H3,(H,20,23)(H,21,22,24);1H. The number of carbonyl (C=O) groups is 2. The Morgan fingerprint density at radius 2 is 2.19 bits per heavy atom. The number of amides is 2. The summed E-state index contributed by atoms with van der Waals surface area (Å²) in [5, 5.41) is 7.94. The number of nitrogens with zero attached hydrogens (tertiary/aromatic N) is 1. The summed E-state index contributed by atoms with van der Waals surface area (Å²) in [7, 11) is 0. The van der Waals surface area contributed by atoms with Crippen LogP contribution in [0, 0.1) is 5.92 Å². The molecule has 0 radical (unpaired) electrons. The lowest BCUT2D eigenvalue weighted by molar-refractivity contribution is -0.123. The van der Waals surface area contributed by atoms with Crippen LogP contribution in [-0.4, -0.2) is 22.3 Å². The van der Waals surface area contributed by atoms with Crippen LogP contribution >= 0.6 is 23.7 Å². The fourth-order valence-electron chi connectivity index (χ4n) is 3.25. The quantitative estimate of drug-likeness (QED) is 0.697. The fraction of sp³-hybridized carbons (Fsp3) is 0.500. The smallest absolute Gasteiger partial charge is 0.231 e. The summed E-state index contributed by atoms with van der Waals surface area (Å²) in [6, 6.07) is 3.60. The van der Waals surface area contributed by atoms with Crippen molar-refractivity contribution in [2.75, 3.05) is 5.32 Å². The maximum Gasteiger partial charge on any atom is 0.231 e. The van der Waals surface area contributed by atoms with Gasteiger partial charge in [0.25, 0.3) is 0 Å². The molecule has 7 nitrogen and oxygen atoms in total. The molecule has 9 heteroatoms. The van der Waals surface area contributed by atoms with Crippen LogP contribution in [0.4, 0.5) is 5.13 Å². The van der Waals surface area contributed by atoms with Gasteiger partial charge in [-0.15, -0.1) is 23.7 Å². The van der Waals surface area contributed by atoms with Crippen LogP contribution in [0.1, 0.15) is 45.3 Å². The first-order valence-electron chi connectivity index (χ1n) is 8.74. The number of thiazole rings is 1. The molecule has 0 spiro atoms. The molecule has 4 N–H and O–H groups in total. The molecule has 2 amide bonds. The van der Waals surface area contributed by atoms with E-state index in [4.69, 9.17) is 10.2 Å². The van der Waals surface area contributed by atoms with E-state index < -0.39 is 5.54 Å². The minimum Gasteiger partial charge on any atom is -0.458 e. The molecule has 3 rings (SSSR count). The Hall–Kier alpha value is -1.90. The van der Waals surface area contributed by atoms with Crippen LogP contribution in [0.5, 0.6) is 0 Å². The highest BCUT2D eigenvalue weighted by atomic mass is 35.5. The summed E-state index contributed by atoms with van der Waals surface area (Å²) in [6.07, 6.45) is 3.76. The van der Waals surface area contributed by atoms with Gasteiger partial charge >= 0.3 is 0 Å². The third-order valence-electron chi connectivity index (χ3n) is 4.73. The second kappa shape index (κ2) is 8.86. The van der Waals surface area contributed by atoms with Gasteiger partial charge in [-0.05, 0) is 31.9 Å². The molecule has 1 saturated carbocycles. The number of aromatic nitrogens is 1. The van der Waals surface area contributed by atoms with Crippen molar-refractivity contribution in [3.8, 4) is 11.5 Å². The number of nitrogens with one attached hydrogen (secondary N) is 2. The molecular formula is C18H25ClN4O3S. The number of anilines is 1. The van der Waals surface area contributed by atoms with E-state index in [2.05, 4.69) is 15.6 Å². The van der Waals surface area contributed by atoms with Gasteiger partial charge in [-0.1, -0.05) is 12.8 Å². The average Bonchev–Trinajstić information content (AvgIpc) is 3.21. The highest BCUT2D eigenvalue weighted by molar-refractivity contribution is 7.14. The molecule has 27 heavy (non-hydrogen) atoms. The first kappa shape index (κ1) is 21.4. The topological polar surface area (TPSA) is 110 Å². The Morgan fingerprint density at radius 3 is 2.89 bits per heavy atom. The van der Waals surface area contributed by atoms with Gasteiger partial charge in [0.2, 0.25) is 11.8 Å². The normalized spacial score (nSPS) is 22.0. The summed E-state index contributed by atoms with van der Waals surface area (Å²) in [4.78, 5) is 28.0. The molecule has 2 unspecified atom stereocenters. The minimum absolute atomic E-state index is 0. The monoisotopic (exact) mass is 412 g/mol. The zero-order valence-electron chi connectivity index (χ0n) is 15.4. The van der Waals surface area contributed by atoms with Crippen LogP contribution < -0.4 is 16.4 Å². The van der Waals surface area contributed by atoms with Crippen molar-refractivity contribution in [3.05, 3.63) is 23.3 Å². The van der Waals surface area contributed by atoms with Gasteiger partial charge in [-0.25, -0.2) is 4.98 Å². The van der Waals surface area contributed by atoms with Gasteiger partial charge in [-0.3, -0.25) is 9.59 Å². The van der Waals surface area contributed by atoms with Crippen molar-refractivity contribution in [3.63, 3.8) is 0 Å². The Kier molecular flexibility index (Phi) is 7.02. The van der Waals surface area contributed by atoms with Gasteiger partial charge in [0.1, 0.15) is 11.5 Å². The highest BCUT2D eigenvalue weighted by Crippen LogP contribution is 2.33. The minimum atomic E-state index is -0.470. The van der Waals surface area contributed by atoms with E-state index in [-0.39, 0.29) is 30.1 Å². The number of hydrogen-bond donors (Lipinski definition) is 3. The van der Waals surface area contributed by atoms with E-state index in [0.29, 0.717) is 28.9 Å². The molecule has 0 saturated heterocycles. The fourth-order valence-corrected chi connectivity index (χ4v) is 3.95. The maximum atomic E-state index is 12.6.